The molecule has 2 aromatic carbocycles. The van der Waals surface area contributed by atoms with E-state index < -0.39 is 0 Å². The van der Waals surface area contributed by atoms with Gasteiger partial charge >= 0.3 is 0 Å². The third-order valence-electron chi connectivity index (χ3n) is 5.41. The first-order valence-electron chi connectivity index (χ1n) is 9.95. The molecule has 0 radical (unpaired) electrons. The lowest BCUT2D eigenvalue weighted by molar-refractivity contribution is 0.278. The first-order chi connectivity index (χ1) is 14.6. The molecule has 1 fully saturated rings. The van der Waals surface area contributed by atoms with Gasteiger partial charge in [0.25, 0.3) is 5.56 Å². The summed E-state index contributed by atoms with van der Waals surface area (Å²) in [7, 11) is 3.09. The fourth-order valence-corrected chi connectivity index (χ4v) is 3.84. The van der Waals surface area contributed by atoms with E-state index in [9.17, 15) is 9.18 Å². The van der Waals surface area contributed by atoms with Crippen LogP contribution in [0.1, 0.15) is 12.2 Å². The van der Waals surface area contributed by atoms with Crippen LogP contribution in [0, 0.1) is 5.82 Å². The van der Waals surface area contributed by atoms with Crippen LogP contribution in [0.5, 0.6) is 11.5 Å². The van der Waals surface area contributed by atoms with Crippen molar-refractivity contribution >= 4 is 16.6 Å². The van der Waals surface area contributed by atoms with Crippen molar-refractivity contribution < 1.29 is 13.9 Å². The van der Waals surface area contributed by atoms with Crippen LogP contribution in [0.4, 0.5) is 10.1 Å². The Balaban J connectivity index is 1.51. The maximum Gasteiger partial charge on any atom is 0.258 e. The highest BCUT2D eigenvalue weighted by molar-refractivity contribution is 5.81. The summed E-state index contributed by atoms with van der Waals surface area (Å²) in [6.45, 7) is 4.00. The molecule has 8 heteroatoms. The quantitative estimate of drug-likeness (QED) is 0.695. The van der Waals surface area contributed by atoms with Crippen molar-refractivity contribution in [1.29, 1.82) is 0 Å². The van der Waals surface area contributed by atoms with Gasteiger partial charge in [-0.2, -0.15) is 0 Å². The molecule has 1 aliphatic heterocycles. The smallest absolute Gasteiger partial charge is 0.258 e. The largest absolute Gasteiger partial charge is 0.493 e. The normalized spacial score (nSPS) is 15.2. The van der Waals surface area contributed by atoms with Crippen LogP contribution < -0.4 is 19.9 Å². The van der Waals surface area contributed by atoms with E-state index in [4.69, 9.17) is 9.47 Å². The van der Waals surface area contributed by atoms with E-state index in [0.717, 1.165) is 38.3 Å². The number of rotatable bonds is 5. The van der Waals surface area contributed by atoms with Crippen molar-refractivity contribution in [3.05, 3.63) is 58.4 Å². The number of anilines is 1. The van der Waals surface area contributed by atoms with Gasteiger partial charge in [-0.15, -0.1) is 0 Å². The van der Waals surface area contributed by atoms with Crippen molar-refractivity contribution in [2.24, 2.45) is 0 Å². The van der Waals surface area contributed by atoms with Gasteiger partial charge in [0.1, 0.15) is 11.6 Å². The molecule has 0 atom stereocenters. The molecule has 1 N–H and O–H groups in total. The summed E-state index contributed by atoms with van der Waals surface area (Å²) < 4.78 is 23.8. The molecular formula is C22H25FN4O3. The number of fused-ring (bicyclic) bond motifs is 1. The van der Waals surface area contributed by atoms with Gasteiger partial charge in [0.2, 0.25) is 0 Å². The molecule has 0 amide bonds. The number of hydrogen-bond acceptors (Lipinski definition) is 6. The summed E-state index contributed by atoms with van der Waals surface area (Å²) in [6.07, 6.45) is 0.972. The topological polar surface area (TPSA) is 70.7 Å². The molecule has 0 bridgehead atoms. The lowest BCUT2D eigenvalue weighted by Gasteiger charge is -2.23. The van der Waals surface area contributed by atoms with Gasteiger partial charge in [-0.05, 0) is 36.8 Å². The monoisotopic (exact) mass is 412 g/mol. The van der Waals surface area contributed by atoms with Crippen LogP contribution in [0.2, 0.25) is 0 Å². The Hall–Kier alpha value is -3.13. The van der Waals surface area contributed by atoms with Gasteiger partial charge in [-0.3, -0.25) is 9.69 Å². The zero-order chi connectivity index (χ0) is 21.1. The maximum absolute atomic E-state index is 13.2. The van der Waals surface area contributed by atoms with E-state index in [2.05, 4.69) is 19.8 Å². The Morgan fingerprint density at radius 1 is 1.03 bits per heavy atom. The van der Waals surface area contributed by atoms with Gasteiger partial charge in [0.15, 0.2) is 11.5 Å². The van der Waals surface area contributed by atoms with Crippen molar-refractivity contribution in [2.75, 3.05) is 45.3 Å². The zero-order valence-corrected chi connectivity index (χ0v) is 17.2. The summed E-state index contributed by atoms with van der Waals surface area (Å²) in [5.41, 5.74) is 1.41. The Bertz CT molecular complexity index is 1080. The molecule has 30 heavy (non-hydrogen) atoms. The Morgan fingerprint density at radius 3 is 2.50 bits per heavy atom. The van der Waals surface area contributed by atoms with Gasteiger partial charge in [-0.25, -0.2) is 9.37 Å². The molecule has 3 aromatic rings. The third-order valence-corrected chi connectivity index (χ3v) is 5.41. The number of nitrogens with one attached hydrogen (secondary N) is 1. The van der Waals surface area contributed by atoms with Crippen LogP contribution in [0.25, 0.3) is 10.9 Å². The molecule has 1 aliphatic rings. The van der Waals surface area contributed by atoms with Crippen LogP contribution in [0.3, 0.4) is 0 Å². The molecule has 0 unspecified atom stereocenters. The molecule has 0 aliphatic carbocycles. The fourth-order valence-electron chi connectivity index (χ4n) is 3.84. The Kier molecular flexibility index (Phi) is 5.85. The average molecular weight is 412 g/mol. The van der Waals surface area contributed by atoms with E-state index in [0.29, 0.717) is 34.8 Å². The number of methoxy groups -OCH3 is 2. The van der Waals surface area contributed by atoms with E-state index in [1.165, 1.54) is 19.2 Å². The summed E-state index contributed by atoms with van der Waals surface area (Å²) in [6, 6.07) is 9.99. The summed E-state index contributed by atoms with van der Waals surface area (Å²) in [5, 5.41) is 0.467. The summed E-state index contributed by atoms with van der Waals surface area (Å²) >= 11 is 0. The van der Waals surface area contributed by atoms with Gasteiger partial charge < -0.3 is 19.4 Å². The molecule has 2 heterocycles. The van der Waals surface area contributed by atoms with Crippen molar-refractivity contribution in [3.63, 3.8) is 0 Å². The number of hydrogen-bond donors (Lipinski definition) is 1. The van der Waals surface area contributed by atoms with Gasteiger partial charge in [0, 0.05) is 37.9 Å². The highest BCUT2D eigenvalue weighted by Gasteiger charge is 2.17. The molecule has 1 aromatic heterocycles. The van der Waals surface area contributed by atoms with E-state index in [-0.39, 0.29) is 11.4 Å². The second-order valence-electron chi connectivity index (χ2n) is 7.33. The number of benzene rings is 2. The van der Waals surface area contributed by atoms with Crippen molar-refractivity contribution in [3.8, 4) is 11.5 Å². The maximum atomic E-state index is 13.2. The van der Waals surface area contributed by atoms with Gasteiger partial charge in [-0.1, -0.05) is 0 Å². The number of halogens is 1. The van der Waals surface area contributed by atoms with E-state index in [1.54, 1.807) is 19.2 Å². The summed E-state index contributed by atoms with van der Waals surface area (Å²) in [5.74, 6) is 1.43. The number of H-pyrrole nitrogens is 1. The molecule has 158 valence electrons. The first-order valence-corrected chi connectivity index (χ1v) is 9.95. The lowest BCUT2D eigenvalue weighted by atomic mass is 10.2. The van der Waals surface area contributed by atoms with Crippen LogP contribution in [0.15, 0.2) is 41.2 Å². The fraction of sp³-hybridized carbons (Fsp3) is 0.364. The predicted octanol–water partition coefficient (Wildman–Crippen LogP) is 2.79. The van der Waals surface area contributed by atoms with Crippen LogP contribution >= 0.6 is 0 Å². The van der Waals surface area contributed by atoms with Crippen LogP contribution in [-0.2, 0) is 6.54 Å². The molecule has 4 rings (SSSR count). The minimum absolute atomic E-state index is 0.196. The minimum atomic E-state index is -0.226. The Labute approximate surface area is 174 Å². The standard InChI is InChI=1S/C22H25FN4O3/c1-29-19-12-17-18(13-20(19)30-2)24-21(25-22(17)28)14-26-8-3-9-27(11-10-26)16-6-4-15(23)5-7-16/h4-7,12-13H,3,8-11,14H2,1-2H3,(H,24,25,28). The SMILES string of the molecule is COc1cc2nc(CN3CCCN(c4ccc(F)cc4)CC3)[nH]c(=O)c2cc1OC. The number of aromatic nitrogens is 2. The summed E-state index contributed by atoms with van der Waals surface area (Å²) in [4.78, 5) is 24.7. The van der Waals surface area contributed by atoms with Crippen LogP contribution in [-0.4, -0.2) is 55.3 Å². The molecule has 7 nitrogen and oxygen atoms in total. The highest BCUT2D eigenvalue weighted by Crippen LogP contribution is 2.30. The van der Waals surface area contributed by atoms with E-state index in [1.807, 2.05) is 12.1 Å². The average Bonchev–Trinajstić information content (AvgIpc) is 2.99. The molecular weight excluding hydrogens is 387 g/mol. The third kappa shape index (κ3) is 4.23. The zero-order valence-electron chi connectivity index (χ0n) is 17.2. The second kappa shape index (κ2) is 8.71. The molecule has 1 saturated heterocycles. The van der Waals surface area contributed by atoms with Crippen molar-refractivity contribution in [2.45, 2.75) is 13.0 Å². The van der Waals surface area contributed by atoms with E-state index >= 15 is 0 Å². The Morgan fingerprint density at radius 2 is 1.77 bits per heavy atom. The number of aromatic amines is 1. The lowest BCUT2D eigenvalue weighted by Crippen LogP contribution is -2.31. The minimum Gasteiger partial charge on any atom is -0.493 e. The number of ether oxygens (including phenoxy) is 2. The van der Waals surface area contributed by atoms with Gasteiger partial charge in [0.05, 0.1) is 31.7 Å². The highest BCUT2D eigenvalue weighted by atomic mass is 19.1. The molecule has 0 saturated carbocycles. The first kappa shape index (κ1) is 20.2. The van der Waals surface area contributed by atoms with Crippen molar-refractivity contribution in [1.82, 2.24) is 14.9 Å². The number of nitrogens with zero attached hydrogens (tertiary/aromatic N) is 3. The molecule has 0 spiro atoms. The predicted molar refractivity (Wildman–Crippen MR) is 114 cm³/mol. The second-order valence-corrected chi connectivity index (χ2v) is 7.33.